The molecule has 3 heterocycles. The number of aromatic nitrogens is 3. The van der Waals surface area contributed by atoms with Gasteiger partial charge in [-0.1, -0.05) is 19.1 Å². The van der Waals surface area contributed by atoms with E-state index in [0.29, 0.717) is 18.0 Å². The lowest BCUT2D eigenvalue weighted by Gasteiger charge is -2.23. The van der Waals surface area contributed by atoms with Crippen molar-refractivity contribution in [3.8, 4) is 11.1 Å². The summed E-state index contributed by atoms with van der Waals surface area (Å²) in [6.45, 7) is 8.22. The summed E-state index contributed by atoms with van der Waals surface area (Å²) in [4.78, 5) is 17.4. The first-order valence-corrected chi connectivity index (χ1v) is 13.0. The van der Waals surface area contributed by atoms with Gasteiger partial charge in [0.1, 0.15) is 11.6 Å². The number of nitrogens with zero attached hydrogens (tertiary/aromatic N) is 3. The molecule has 2 aromatic heterocycles. The maximum atomic E-state index is 12.5. The Morgan fingerprint density at radius 3 is 2.60 bits per heavy atom. The second-order valence-corrected chi connectivity index (χ2v) is 9.87. The lowest BCUT2D eigenvalue weighted by molar-refractivity contribution is 0.0699. The van der Waals surface area contributed by atoms with Gasteiger partial charge in [0.15, 0.2) is 5.65 Å². The maximum absolute atomic E-state index is 12.5. The van der Waals surface area contributed by atoms with E-state index in [1.54, 1.807) is 0 Å². The molecule has 1 saturated carbocycles. The van der Waals surface area contributed by atoms with Crippen LogP contribution in [0.3, 0.4) is 0 Å². The Hall–Kier alpha value is -3.13. The molecule has 0 atom stereocenters. The van der Waals surface area contributed by atoms with E-state index in [1.165, 1.54) is 12.8 Å². The Morgan fingerprint density at radius 2 is 1.86 bits per heavy atom. The molecule has 186 valence electrons. The van der Waals surface area contributed by atoms with Crippen molar-refractivity contribution in [2.24, 2.45) is 11.8 Å². The Kier molecular flexibility index (Phi) is 7.18. The van der Waals surface area contributed by atoms with Gasteiger partial charge in [-0.3, -0.25) is 4.79 Å². The van der Waals surface area contributed by atoms with Gasteiger partial charge in [0.25, 0.3) is 5.91 Å². The first-order valence-electron chi connectivity index (χ1n) is 13.0. The summed E-state index contributed by atoms with van der Waals surface area (Å²) in [5.41, 5.74) is 4.42. The third-order valence-corrected chi connectivity index (χ3v) is 6.97. The first-order chi connectivity index (χ1) is 17.1. The summed E-state index contributed by atoms with van der Waals surface area (Å²) >= 11 is 0. The highest BCUT2D eigenvalue weighted by molar-refractivity contribution is 5.96. The Balaban J connectivity index is 1.44. The van der Waals surface area contributed by atoms with Crippen LogP contribution in [0.2, 0.25) is 0 Å². The number of carbonyl (C=O) groups is 1. The minimum atomic E-state index is -0.0277. The number of carbonyl (C=O) groups excluding carboxylic acids is 1. The highest BCUT2D eigenvalue weighted by atomic mass is 16.5. The SMILES string of the molecule is CCCNC(=O)c1ccc(-c2cnn3c(NCC4CCOCC4)cc(NCC4CC4)nc23)cc1C. The third-order valence-electron chi connectivity index (χ3n) is 6.97. The molecule has 1 aromatic carbocycles. The zero-order chi connectivity index (χ0) is 24.2. The van der Waals surface area contributed by atoms with Crippen molar-refractivity contribution in [1.82, 2.24) is 19.9 Å². The van der Waals surface area contributed by atoms with E-state index in [0.717, 1.165) is 85.5 Å². The molecule has 3 aromatic rings. The van der Waals surface area contributed by atoms with Crippen LogP contribution >= 0.6 is 0 Å². The molecule has 8 nitrogen and oxygen atoms in total. The van der Waals surface area contributed by atoms with Crippen molar-refractivity contribution in [3.05, 3.63) is 41.6 Å². The van der Waals surface area contributed by atoms with Gasteiger partial charge < -0.3 is 20.7 Å². The van der Waals surface area contributed by atoms with E-state index < -0.39 is 0 Å². The van der Waals surface area contributed by atoms with Gasteiger partial charge in [0.2, 0.25) is 0 Å². The number of rotatable bonds is 10. The predicted octanol–water partition coefficient (Wildman–Crippen LogP) is 4.50. The van der Waals surface area contributed by atoms with E-state index in [-0.39, 0.29) is 5.91 Å². The van der Waals surface area contributed by atoms with Gasteiger partial charge in [-0.25, -0.2) is 4.98 Å². The third kappa shape index (κ3) is 5.59. The average molecular weight is 477 g/mol. The Bertz CT molecular complexity index is 1180. The molecule has 8 heteroatoms. The number of hydrogen-bond acceptors (Lipinski definition) is 6. The van der Waals surface area contributed by atoms with Crippen molar-refractivity contribution >= 4 is 23.2 Å². The summed E-state index contributed by atoms with van der Waals surface area (Å²) in [6.07, 6.45) is 7.53. The highest BCUT2D eigenvalue weighted by Crippen LogP contribution is 2.31. The van der Waals surface area contributed by atoms with E-state index >= 15 is 0 Å². The lowest BCUT2D eigenvalue weighted by Crippen LogP contribution is -2.24. The smallest absolute Gasteiger partial charge is 0.251 e. The second kappa shape index (κ2) is 10.6. The number of hydrogen-bond donors (Lipinski definition) is 3. The number of fused-ring (bicyclic) bond motifs is 1. The predicted molar refractivity (Wildman–Crippen MR) is 139 cm³/mol. The van der Waals surface area contributed by atoms with Gasteiger partial charge in [-0.05, 0) is 68.1 Å². The molecule has 1 aliphatic heterocycles. The van der Waals surface area contributed by atoms with Crippen LogP contribution < -0.4 is 16.0 Å². The van der Waals surface area contributed by atoms with E-state index in [9.17, 15) is 4.79 Å². The van der Waals surface area contributed by atoms with Crippen molar-refractivity contribution in [3.63, 3.8) is 0 Å². The summed E-state index contributed by atoms with van der Waals surface area (Å²) in [5.74, 6) is 3.13. The van der Waals surface area contributed by atoms with E-state index in [1.807, 2.05) is 29.8 Å². The van der Waals surface area contributed by atoms with Gasteiger partial charge in [0, 0.05) is 50.0 Å². The van der Waals surface area contributed by atoms with Crippen molar-refractivity contribution < 1.29 is 9.53 Å². The summed E-state index contributed by atoms with van der Waals surface area (Å²) in [6, 6.07) is 8.02. The number of nitrogens with one attached hydrogen (secondary N) is 3. The van der Waals surface area contributed by atoms with Gasteiger partial charge in [0.05, 0.1) is 6.20 Å². The van der Waals surface area contributed by atoms with Crippen LogP contribution in [-0.2, 0) is 4.74 Å². The lowest BCUT2D eigenvalue weighted by atomic mass is 10.0. The molecule has 35 heavy (non-hydrogen) atoms. The fourth-order valence-corrected chi connectivity index (χ4v) is 4.57. The van der Waals surface area contributed by atoms with Crippen LogP contribution in [0.4, 0.5) is 11.6 Å². The van der Waals surface area contributed by atoms with Crippen molar-refractivity contribution in [2.45, 2.75) is 46.0 Å². The van der Waals surface area contributed by atoms with Crippen molar-refractivity contribution in [1.29, 1.82) is 0 Å². The number of benzene rings is 1. The molecule has 0 unspecified atom stereocenters. The zero-order valence-corrected chi connectivity index (χ0v) is 20.8. The molecule has 2 aliphatic rings. The quantitative estimate of drug-likeness (QED) is 0.399. The Morgan fingerprint density at radius 1 is 1.09 bits per heavy atom. The Labute approximate surface area is 206 Å². The molecule has 1 saturated heterocycles. The molecular weight excluding hydrogens is 440 g/mol. The van der Waals surface area contributed by atoms with Gasteiger partial charge in [-0.2, -0.15) is 9.61 Å². The summed E-state index contributed by atoms with van der Waals surface area (Å²) in [7, 11) is 0. The normalized spacial score (nSPS) is 16.4. The minimum Gasteiger partial charge on any atom is -0.381 e. The molecule has 5 rings (SSSR count). The monoisotopic (exact) mass is 476 g/mol. The standard InChI is InChI=1S/C27H36N6O2/c1-3-10-28-27(34)22-7-6-21(13-18(22)2)23-17-31-33-25(30-16-20-8-11-35-12-9-20)14-24(32-26(23)33)29-15-19-4-5-19/h6-7,13-14,17,19-20,30H,3-5,8-12,15-16H2,1-2H3,(H,28,34)(H,29,32). The van der Waals surface area contributed by atoms with Crippen LogP contribution in [0.15, 0.2) is 30.5 Å². The molecular formula is C27H36N6O2. The molecule has 3 N–H and O–H groups in total. The molecule has 0 radical (unpaired) electrons. The largest absolute Gasteiger partial charge is 0.381 e. The summed E-state index contributed by atoms with van der Waals surface area (Å²) < 4.78 is 7.41. The molecule has 0 bridgehead atoms. The minimum absolute atomic E-state index is 0.0277. The van der Waals surface area contributed by atoms with Crippen LogP contribution in [0.5, 0.6) is 0 Å². The van der Waals surface area contributed by atoms with Crippen molar-refractivity contribution in [2.75, 3.05) is 43.5 Å². The number of amides is 1. The second-order valence-electron chi connectivity index (χ2n) is 9.87. The zero-order valence-electron chi connectivity index (χ0n) is 20.8. The molecule has 0 spiro atoms. The van der Waals surface area contributed by atoms with Crippen LogP contribution in [0.1, 0.15) is 54.9 Å². The van der Waals surface area contributed by atoms with Crippen LogP contribution in [-0.4, -0.2) is 53.4 Å². The maximum Gasteiger partial charge on any atom is 0.251 e. The molecule has 2 fully saturated rings. The van der Waals surface area contributed by atoms with Crippen LogP contribution in [0, 0.1) is 18.8 Å². The number of anilines is 2. The number of aryl methyl sites for hydroxylation is 1. The highest BCUT2D eigenvalue weighted by Gasteiger charge is 2.22. The average Bonchev–Trinajstić information content (AvgIpc) is 3.62. The topological polar surface area (TPSA) is 92.6 Å². The van der Waals surface area contributed by atoms with E-state index in [2.05, 4.69) is 35.0 Å². The fraction of sp³-hybridized carbons (Fsp3) is 0.519. The number of ether oxygens (including phenoxy) is 1. The van der Waals surface area contributed by atoms with Gasteiger partial charge in [-0.15, -0.1) is 0 Å². The van der Waals surface area contributed by atoms with E-state index in [4.69, 9.17) is 14.8 Å². The molecule has 1 amide bonds. The van der Waals surface area contributed by atoms with Gasteiger partial charge >= 0.3 is 0 Å². The molecule has 1 aliphatic carbocycles. The van der Waals surface area contributed by atoms with Crippen LogP contribution in [0.25, 0.3) is 16.8 Å². The summed E-state index contributed by atoms with van der Waals surface area (Å²) in [5, 5.41) is 14.8. The fourth-order valence-electron chi connectivity index (χ4n) is 4.57. The first kappa shape index (κ1) is 23.6.